The SMILES string of the molecule is COc1cccc(Cl)c1-c1nc(C)cc(=O)[nH]1. The van der Waals surface area contributed by atoms with Crippen molar-refractivity contribution < 1.29 is 4.74 Å². The lowest BCUT2D eigenvalue weighted by Crippen LogP contribution is -2.09. The van der Waals surface area contributed by atoms with Crippen LogP contribution in [0.1, 0.15) is 5.69 Å². The molecule has 1 N–H and O–H groups in total. The Labute approximate surface area is 103 Å². The van der Waals surface area contributed by atoms with Crippen LogP contribution >= 0.6 is 11.6 Å². The zero-order chi connectivity index (χ0) is 12.4. The van der Waals surface area contributed by atoms with Gasteiger partial charge >= 0.3 is 0 Å². The van der Waals surface area contributed by atoms with Gasteiger partial charge in [-0.3, -0.25) is 4.79 Å². The van der Waals surface area contributed by atoms with Crippen LogP contribution in [0.25, 0.3) is 11.4 Å². The fourth-order valence-corrected chi connectivity index (χ4v) is 1.86. The largest absolute Gasteiger partial charge is 0.496 e. The fraction of sp³-hybridized carbons (Fsp3) is 0.167. The molecule has 0 aliphatic carbocycles. The Hall–Kier alpha value is -1.81. The summed E-state index contributed by atoms with van der Waals surface area (Å²) in [7, 11) is 1.54. The number of nitrogens with one attached hydrogen (secondary N) is 1. The van der Waals surface area contributed by atoms with Crippen molar-refractivity contribution >= 4 is 11.6 Å². The summed E-state index contributed by atoms with van der Waals surface area (Å²) in [5.41, 5.74) is 1.01. The van der Waals surface area contributed by atoms with Crippen molar-refractivity contribution in [3.8, 4) is 17.1 Å². The maximum atomic E-state index is 11.4. The summed E-state index contributed by atoms with van der Waals surface area (Å²) in [6.07, 6.45) is 0. The predicted molar refractivity (Wildman–Crippen MR) is 66.6 cm³/mol. The van der Waals surface area contributed by atoms with Crippen molar-refractivity contribution in [1.82, 2.24) is 9.97 Å². The molecule has 17 heavy (non-hydrogen) atoms. The average Bonchev–Trinajstić information content (AvgIpc) is 2.27. The first kappa shape index (κ1) is 11.7. The third-order valence-corrected chi connectivity index (χ3v) is 2.62. The summed E-state index contributed by atoms with van der Waals surface area (Å²) < 4.78 is 5.21. The number of aryl methyl sites for hydroxylation is 1. The Balaban J connectivity index is 2.71. The number of methoxy groups -OCH3 is 1. The lowest BCUT2D eigenvalue weighted by molar-refractivity contribution is 0.416. The highest BCUT2D eigenvalue weighted by Gasteiger charge is 2.12. The molecular weight excluding hydrogens is 240 g/mol. The number of aromatic nitrogens is 2. The quantitative estimate of drug-likeness (QED) is 0.891. The standard InChI is InChI=1S/C12H11ClN2O2/c1-7-6-10(16)15-12(14-7)11-8(13)4-3-5-9(11)17-2/h3-6H,1-2H3,(H,14,15,16). The number of ether oxygens (including phenoxy) is 1. The van der Waals surface area contributed by atoms with Crippen LogP contribution in [0, 0.1) is 6.92 Å². The smallest absolute Gasteiger partial charge is 0.251 e. The second-order valence-corrected chi connectivity index (χ2v) is 3.96. The van der Waals surface area contributed by atoms with E-state index in [-0.39, 0.29) is 5.56 Å². The van der Waals surface area contributed by atoms with E-state index < -0.39 is 0 Å². The number of aromatic amines is 1. The van der Waals surface area contributed by atoms with E-state index in [1.165, 1.54) is 6.07 Å². The number of H-pyrrole nitrogens is 1. The van der Waals surface area contributed by atoms with Crippen LogP contribution in [0.5, 0.6) is 5.75 Å². The lowest BCUT2D eigenvalue weighted by atomic mass is 10.2. The molecule has 0 fully saturated rings. The van der Waals surface area contributed by atoms with Gasteiger partial charge in [0, 0.05) is 11.8 Å². The maximum absolute atomic E-state index is 11.4. The zero-order valence-electron chi connectivity index (χ0n) is 9.45. The average molecular weight is 251 g/mol. The molecule has 0 spiro atoms. The Morgan fingerprint density at radius 3 is 2.82 bits per heavy atom. The van der Waals surface area contributed by atoms with E-state index in [1.54, 1.807) is 32.2 Å². The highest BCUT2D eigenvalue weighted by Crippen LogP contribution is 2.33. The summed E-state index contributed by atoms with van der Waals surface area (Å²) in [6, 6.07) is 6.69. The molecule has 2 rings (SSSR count). The molecule has 5 heteroatoms. The van der Waals surface area contributed by atoms with Gasteiger partial charge in [0.2, 0.25) is 0 Å². The predicted octanol–water partition coefficient (Wildman–Crippen LogP) is 2.41. The Morgan fingerprint density at radius 1 is 1.41 bits per heavy atom. The van der Waals surface area contributed by atoms with Crippen molar-refractivity contribution in [2.75, 3.05) is 7.11 Å². The van der Waals surface area contributed by atoms with Crippen molar-refractivity contribution in [2.45, 2.75) is 6.92 Å². The molecule has 0 saturated carbocycles. The second-order valence-electron chi connectivity index (χ2n) is 3.55. The van der Waals surface area contributed by atoms with Crippen molar-refractivity contribution in [3.63, 3.8) is 0 Å². The lowest BCUT2D eigenvalue weighted by Gasteiger charge is -2.09. The van der Waals surface area contributed by atoms with Crippen LogP contribution in [0.3, 0.4) is 0 Å². The van der Waals surface area contributed by atoms with Gasteiger partial charge in [-0.1, -0.05) is 17.7 Å². The minimum atomic E-state index is -0.213. The van der Waals surface area contributed by atoms with Gasteiger partial charge in [-0.05, 0) is 19.1 Å². The third-order valence-electron chi connectivity index (χ3n) is 2.30. The van der Waals surface area contributed by atoms with Crippen molar-refractivity contribution in [1.29, 1.82) is 0 Å². The molecule has 0 atom stereocenters. The molecular formula is C12H11ClN2O2. The van der Waals surface area contributed by atoms with Crippen LogP contribution in [0.15, 0.2) is 29.1 Å². The molecule has 0 aliphatic rings. The monoisotopic (exact) mass is 250 g/mol. The summed E-state index contributed by atoms with van der Waals surface area (Å²) in [6.45, 7) is 1.75. The number of benzene rings is 1. The van der Waals surface area contributed by atoms with Gasteiger partial charge in [-0.25, -0.2) is 4.98 Å². The van der Waals surface area contributed by atoms with E-state index in [0.717, 1.165) is 0 Å². The van der Waals surface area contributed by atoms with E-state index in [2.05, 4.69) is 9.97 Å². The van der Waals surface area contributed by atoms with E-state index in [1.807, 2.05) is 0 Å². The van der Waals surface area contributed by atoms with E-state index >= 15 is 0 Å². The minimum absolute atomic E-state index is 0.213. The van der Waals surface area contributed by atoms with Crippen LogP contribution in [0.2, 0.25) is 5.02 Å². The molecule has 0 aliphatic heterocycles. The summed E-state index contributed by atoms with van der Waals surface area (Å²) in [4.78, 5) is 18.3. The molecule has 0 saturated heterocycles. The van der Waals surface area contributed by atoms with Crippen LogP contribution in [0.4, 0.5) is 0 Å². The van der Waals surface area contributed by atoms with Gasteiger partial charge in [0.15, 0.2) is 0 Å². The van der Waals surface area contributed by atoms with Crippen molar-refractivity contribution in [3.05, 3.63) is 45.3 Å². The first-order valence-electron chi connectivity index (χ1n) is 5.02. The number of hydrogen-bond acceptors (Lipinski definition) is 3. The van der Waals surface area contributed by atoms with Crippen LogP contribution < -0.4 is 10.3 Å². The number of rotatable bonds is 2. The highest BCUT2D eigenvalue weighted by atomic mass is 35.5. The van der Waals surface area contributed by atoms with E-state index in [4.69, 9.17) is 16.3 Å². The number of nitrogens with zero attached hydrogens (tertiary/aromatic N) is 1. The molecule has 0 amide bonds. The van der Waals surface area contributed by atoms with Crippen LogP contribution in [-0.2, 0) is 0 Å². The highest BCUT2D eigenvalue weighted by molar-refractivity contribution is 6.33. The van der Waals surface area contributed by atoms with Gasteiger partial charge in [-0.2, -0.15) is 0 Å². The molecule has 0 bridgehead atoms. The molecule has 1 aromatic carbocycles. The summed E-state index contributed by atoms with van der Waals surface area (Å²) in [5, 5.41) is 0.484. The van der Waals surface area contributed by atoms with Crippen molar-refractivity contribution in [2.24, 2.45) is 0 Å². The molecule has 0 unspecified atom stereocenters. The normalized spacial score (nSPS) is 10.3. The molecule has 1 heterocycles. The van der Waals surface area contributed by atoms with Crippen LogP contribution in [-0.4, -0.2) is 17.1 Å². The second kappa shape index (κ2) is 4.59. The molecule has 0 radical (unpaired) electrons. The fourth-order valence-electron chi connectivity index (χ4n) is 1.60. The third kappa shape index (κ3) is 2.31. The summed E-state index contributed by atoms with van der Waals surface area (Å²) in [5.74, 6) is 0.990. The summed E-state index contributed by atoms with van der Waals surface area (Å²) >= 11 is 6.11. The van der Waals surface area contributed by atoms with E-state index in [0.29, 0.717) is 27.9 Å². The maximum Gasteiger partial charge on any atom is 0.251 e. The molecule has 2 aromatic rings. The zero-order valence-corrected chi connectivity index (χ0v) is 10.2. The molecule has 4 nitrogen and oxygen atoms in total. The first-order chi connectivity index (χ1) is 8.11. The van der Waals surface area contributed by atoms with E-state index in [9.17, 15) is 4.79 Å². The Bertz CT molecular complexity index is 608. The Morgan fingerprint density at radius 2 is 2.18 bits per heavy atom. The number of halogens is 1. The Kier molecular flexibility index (Phi) is 3.15. The molecule has 88 valence electrons. The van der Waals surface area contributed by atoms with Gasteiger partial charge in [0.05, 0.1) is 17.7 Å². The minimum Gasteiger partial charge on any atom is -0.496 e. The van der Waals surface area contributed by atoms with Gasteiger partial charge in [0.25, 0.3) is 5.56 Å². The number of hydrogen-bond donors (Lipinski definition) is 1. The first-order valence-corrected chi connectivity index (χ1v) is 5.40. The van der Waals surface area contributed by atoms with Gasteiger partial charge < -0.3 is 9.72 Å². The topological polar surface area (TPSA) is 55.0 Å². The molecule has 1 aromatic heterocycles. The van der Waals surface area contributed by atoms with Gasteiger partial charge in [-0.15, -0.1) is 0 Å². The van der Waals surface area contributed by atoms with Gasteiger partial charge in [0.1, 0.15) is 11.6 Å².